The Morgan fingerprint density at radius 1 is 1.15 bits per heavy atom. The molecule has 2 aliphatic heterocycles. The summed E-state index contributed by atoms with van der Waals surface area (Å²) in [5.74, 6) is -1.14. The first-order valence-corrected chi connectivity index (χ1v) is 11.6. The van der Waals surface area contributed by atoms with Gasteiger partial charge >= 0.3 is 0 Å². The van der Waals surface area contributed by atoms with Crippen molar-refractivity contribution >= 4 is 39.6 Å². The number of nitriles is 1. The number of likely N-dealkylation sites (tertiary alicyclic amines) is 1. The van der Waals surface area contributed by atoms with Crippen molar-refractivity contribution in [3.8, 4) is 6.07 Å². The van der Waals surface area contributed by atoms with Crippen molar-refractivity contribution in [2.75, 3.05) is 18.9 Å². The highest BCUT2D eigenvalue weighted by Gasteiger charge is 2.74. The number of thiophene rings is 1. The number of carbonyl (C=O) groups excluding carboxylic acids is 2. The average Bonchev–Trinajstić information content (AvgIpc) is 3.60. The second kappa shape index (κ2) is 6.88. The van der Waals surface area contributed by atoms with Crippen LogP contribution >= 0.6 is 11.3 Å². The highest BCUT2D eigenvalue weighted by atomic mass is 32.1. The number of rotatable bonds is 3. The number of Topliss-reactive ketones (excluding diaryl/α,β-unsaturated/α-hetero) is 1. The molecule has 2 aliphatic rings. The Kier molecular flexibility index (Phi) is 4.15. The van der Waals surface area contributed by atoms with Gasteiger partial charge in [-0.1, -0.05) is 42.5 Å². The summed E-state index contributed by atoms with van der Waals surface area (Å²) >= 11 is 1.51. The maximum absolute atomic E-state index is 14.6. The van der Waals surface area contributed by atoms with Crippen LogP contribution in [-0.4, -0.2) is 35.2 Å². The predicted molar refractivity (Wildman–Crippen MR) is 127 cm³/mol. The summed E-state index contributed by atoms with van der Waals surface area (Å²) < 4.78 is 0. The Hall–Kier alpha value is -3.73. The van der Waals surface area contributed by atoms with E-state index in [1.54, 1.807) is 6.20 Å². The van der Waals surface area contributed by atoms with E-state index in [0.717, 1.165) is 15.8 Å². The third-order valence-electron chi connectivity index (χ3n) is 7.27. The first kappa shape index (κ1) is 19.9. The van der Waals surface area contributed by atoms with E-state index in [0.29, 0.717) is 23.4 Å². The SMILES string of the molecule is CN1C[C@H](c2cccs2)[C@@](C#N)(C(=O)c2c[nH]c3ccccc23)[C@@]12C(=O)Nc1ccccc12. The van der Waals surface area contributed by atoms with Crippen molar-refractivity contribution in [2.45, 2.75) is 11.5 Å². The summed E-state index contributed by atoms with van der Waals surface area (Å²) in [6.07, 6.45) is 1.67. The van der Waals surface area contributed by atoms with Crippen molar-refractivity contribution in [1.29, 1.82) is 5.26 Å². The molecule has 1 spiro atoms. The number of benzene rings is 2. The van der Waals surface area contributed by atoms with Gasteiger partial charge in [0, 0.05) is 51.3 Å². The molecule has 4 aromatic rings. The van der Waals surface area contributed by atoms with E-state index in [1.807, 2.05) is 78.0 Å². The Morgan fingerprint density at radius 2 is 1.94 bits per heavy atom. The summed E-state index contributed by atoms with van der Waals surface area (Å²) in [4.78, 5) is 34.4. The number of aromatic amines is 1. The molecule has 0 radical (unpaired) electrons. The van der Waals surface area contributed by atoms with E-state index >= 15 is 0 Å². The molecule has 33 heavy (non-hydrogen) atoms. The van der Waals surface area contributed by atoms with Gasteiger partial charge in [-0.15, -0.1) is 11.3 Å². The van der Waals surface area contributed by atoms with Crippen LogP contribution in [-0.2, 0) is 10.3 Å². The summed E-state index contributed by atoms with van der Waals surface area (Å²) in [7, 11) is 1.84. The van der Waals surface area contributed by atoms with Crippen LogP contribution in [0.1, 0.15) is 26.7 Å². The fraction of sp³-hybridized carbons (Fsp3) is 0.192. The number of anilines is 1. The molecule has 0 saturated carbocycles. The van der Waals surface area contributed by atoms with Crippen molar-refractivity contribution in [2.24, 2.45) is 5.41 Å². The molecule has 2 N–H and O–H groups in total. The summed E-state index contributed by atoms with van der Waals surface area (Å²) in [6.45, 7) is 0.407. The number of hydrogen-bond donors (Lipinski definition) is 2. The fourth-order valence-electron chi connectivity index (χ4n) is 5.91. The molecule has 1 amide bonds. The molecule has 2 aromatic carbocycles. The normalized spacial score (nSPS) is 26.4. The number of hydrogen-bond acceptors (Lipinski definition) is 5. The number of ketones is 1. The van der Waals surface area contributed by atoms with Crippen molar-refractivity contribution < 1.29 is 9.59 Å². The molecule has 0 unspecified atom stereocenters. The van der Waals surface area contributed by atoms with Crippen LogP contribution in [0.3, 0.4) is 0 Å². The van der Waals surface area contributed by atoms with Crippen LogP contribution in [0.5, 0.6) is 0 Å². The number of nitrogens with zero attached hydrogens (tertiary/aromatic N) is 2. The quantitative estimate of drug-likeness (QED) is 0.448. The van der Waals surface area contributed by atoms with E-state index in [4.69, 9.17) is 0 Å². The smallest absolute Gasteiger partial charge is 0.251 e. The molecule has 4 heterocycles. The van der Waals surface area contributed by atoms with Gasteiger partial charge in [0.1, 0.15) is 0 Å². The van der Waals surface area contributed by atoms with E-state index in [1.165, 1.54) is 11.3 Å². The molecule has 0 aliphatic carbocycles. The lowest BCUT2D eigenvalue weighted by Gasteiger charge is -2.40. The van der Waals surface area contributed by atoms with Gasteiger partial charge in [0.25, 0.3) is 5.91 Å². The number of nitrogens with one attached hydrogen (secondary N) is 2. The third kappa shape index (κ3) is 2.29. The van der Waals surface area contributed by atoms with E-state index < -0.39 is 16.9 Å². The first-order valence-electron chi connectivity index (χ1n) is 10.7. The summed E-state index contributed by atoms with van der Waals surface area (Å²) in [5.41, 5.74) is -0.533. The van der Waals surface area contributed by atoms with Gasteiger partial charge in [-0.2, -0.15) is 5.26 Å². The zero-order valence-electron chi connectivity index (χ0n) is 17.8. The number of amides is 1. The Bertz CT molecular complexity index is 1470. The van der Waals surface area contributed by atoms with Crippen LogP contribution in [0.25, 0.3) is 10.9 Å². The largest absolute Gasteiger partial charge is 0.360 e. The third-order valence-corrected chi connectivity index (χ3v) is 8.26. The van der Waals surface area contributed by atoms with Gasteiger partial charge in [0.2, 0.25) is 0 Å². The van der Waals surface area contributed by atoms with E-state index in [9.17, 15) is 14.9 Å². The molecule has 0 bridgehead atoms. The minimum absolute atomic E-state index is 0.333. The van der Waals surface area contributed by atoms with Crippen molar-refractivity contribution in [3.63, 3.8) is 0 Å². The van der Waals surface area contributed by atoms with Gasteiger partial charge in [-0.3, -0.25) is 14.5 Å². The highest BCUT2D eigenvalue weighted by molar-refractivity contribution is 7.10. The Balaban J connectivity index is 1.69. The van der Waals surface area contributed by atoms with Gasteiger partial charge < -0.3 is 10.3 Å². The van der Waals surface area contributed by atoms with E-state index in [2.05, 4.69) is 16.4 Å². The second-order valence-corrected chi connectivity index (χ2v) is 9.63. The standard InChI is InChI=1S/C26H20N4O2S/c1-30-14-19(22-11-6-12-33-22)25(15-27,23(31)17-13-28-20-9-4-2-7-16(17)20)26(30)18-8-3-5-10-21(18)29-24(26)32/h2-13,19,28H,14H2,1H3,(H,29,32)/t19-,25+,26-/m1/s1. The second-order valence-electron chi connectivity index (χ2n) is 8.66. The minimum atomic E-state index is -1.66. The van der Waals surface area contributed by atoms with Crippen LogP contribution in [0, 0.1) is 16.7 Å². The predicted octanol–water partition coefficient (Wildman–Crippen LogP) is 4.50. The zero-order chi connectivity index (χ0) is 22.8. The molecule has 1 fully saturated rings. The zero-order valence-corrected chi connectivity index (χ0v) is 18.6. The number of H-pyrrole nitrogens is 1. The Labute approximate surface area is 194 Å². The molecule has 6 nitrogen and oxygen atoms in total. The van der Waals surface area contributed by atoms with Crippen LogP contribution in [0.2, 0.25) is 0 Å². The summed E-state index contributed by atoms with van der Waals surface area (Å²) in [5, 5.41) is 16.6. The van der Waals surface area contributed by atoms with Crippen molar-refractivity contribution in [1.82, 2.24) is 9.88 Å². The number of para-hydroxylation sites is 2. The monoisotopic (exact) mass is 452 g/mol. The topological polar surface area (TPSA) is 89.0 Å². The summed E-state index contributed by atoms with van der Waals surface area (Å²) in [6, 6.07) is 21.2. The Morgan fingerprint density at radius 3 is 2.73 bits per heavy atom. The first-order chi connectivity index (χ1) is 16.1. The number of aromatic nitrogens is 1. The molecule has 7 heteroatoms. The number of carbonyl (C=O) groups is 2. The van der Waals surface area contributed by atoms with Crippen LogP contribution < -0.4 is 5.32 Å². The lowest BCUT2D eigenvalue weighted by Crippen LogP contribution is -2.58. The highest BCUT2D eigenvalue weighted by Crippen LogP contribution is 2.63. The molecule has 6 rings (SSSR count). The maximum Gasteiger partial charge on any atom is 0.251 e. The van der Waals surface area contributed by atoms with Crippen LogP contribution in [0.15, 0.2) is 72.2 Å². The molecule has 1 saturated heterocycles. The lowest BCUT2D eigenvalue weighted by molar-refractivity contribution is -0.128. The molecule has 2 aromatic heterocycles. The number of fused-ring (bicyclic) bond motifs is 3. The van der Waals surface area contributed by atoms with Gasteiger partial charge in [-0.05, 0) is 30.6 Å². The molecular formula is C26H20N4O2S. The molecular weight excluding hydrogens is 432 g/mol. The van der Waals surface area contributed by atoms with Crippen LogP contribution in [0.4, 0.5) is 5.69 Å². The molecule has 162 valence electrons. The van der Waals surface area contributed by atoms with Crippen molar-refractivity contribution in [3.05, 3.63) is 88.2 Å². The van der Waals surface area contributed by atoms with E-state index in [-0.39, 0.29) is 11.7 Å². The fourth-order valence-corrected chi connectivity index (χ4v) is 6.80. The number of likely N-dealkylation sites (N-methyl/N-ethyl adjacent to an activating group) is 1. The minimum Gasteiger partial charge on any atom is -0.360 e. The lowest BCUT2D eigenvalue weighted by atomic mass is 9.59. The maximum atomic E-state index is 14.6. The average molecular weight is 453 g/mol. The van der Waals surface area contributed by atoms with Gasteiger partial charge in [0.05, 0.1) is 6.07 Å². The van der Waals surface area contributed by atoms with Gasteiger partial charge in [-0.25, -0.2) is 0 Å². The molecule has 3 atom stereocenters. The van der Waals surface area contributed by atoms with Gasteiger partial charge in [0.15, 0.2) is 16.7 Å².